The fraction of sp³-hybridized carbons (Fsp3) is 0.333. The second kappa shape index (κ2) is 6.33. The first-order chi connectivity index (χ1) is 7.69. The summed E-state index contributed by atoms with van der Waals surface area (Å²) in [6.07, 6.45) is 0.446. The largest absolute Gasteiger partial charge is 0.462 e. The van der Waals surface area contributed by atoms with Gasteiger partial charge in [-0.1, -0.05) is 30.8 Å². The van der Waals surface area contributed by atoms with Gasteiger partial charge in [0.15, 0.2) is 5.12 Å². The molecule has 0 aromatic heterocycles. The van der Waals surface area contributed by atoms with Crippen molar-refractivity contribution in [2.45, 2.75) is 25.2 Å². The van der Waals surface area contributed by atoms with Crippen LogP contribution in [0.25, 0.3) is 0 Å². The molecule has 0 fully saturated rings. The summed E-state index contributed by atoms with van der Waals surface area (Å²) in [5.74, 6) is -0.380. The van der Waals surface area contributed by atoms with E-state index in [1.807, 2.05) is 0 Å². The highest BCUT2D eigenvalue weighted by atomic mass is 32.2. The van der Waals surface area contributed by atoms with Crippen molar-refractivity contribution in [2.24, 2.45) is 0 Å². The number of hydrogen-bond donors (Lipinski definition) is 0. The number of thioether (sulfide) groups is 1. The lowest BCUT2D eigenvalue weighted by molar-refractivity contribution is -0.110. The van der Waals surface area contributed by atoms with Gasteiger partial charge in [-0.25, -0.2) is 4.79 Å². The molecule has 0 radical (unpaired) electrons. The molecule has 3 nitrogen and oxygen atoms in total. The summed E-state index contributed by atoms with van der Waals surface area (Å²) in [7, 11) is 0. The van der Waals surface area contributed by atoms with Crippen molar-refractivity contribution in [1.82, 2.24) is 0 Å². The number of carbonyl (C=O) groups is 2. The van der Waals surface area contributed by atoms with Gasteiger partial charge in [0, 0.05) is 11.3 Å². The second-order valence-corrected chi connectivity index (χ2v) is 4.14. The van der Waals surface area contributed by atoms with E-state index >= 15 is 0 Å². The number of carbonyl (C=O) groups excluding carboxylic acids is 2. The smallest absolute Gasteiger partial charge is 0.339 e. The summed E-state index contributed by atoms with van der Waals surface area (Å²) >= 11 is 1.08. The molecule has 0 amide bonds. The lowest BCUT2D eigenvalue weighted by Crippen LogP contribution is -2.06. The number of benzene rings is 1. The maximum Gasteiger partial charge on any atom is 0.339 e. The summed E-state index contributed by atoms with van der Waals surface area (Å²) in [4.78, 5) is 23.6. The van der Waals surface area contributed by atoms with Crippen molar-refractivity contribution in [3.8, 4) is 0 Å². The molecule has 0 N–H and O–H groups in total. The zero-order chi connectivity index (χ0) is 12.0. The van der Waals surface area contributed by atoms with E-state index in [0.29, 0.717) is 23.5 Å². The predicted molar refractivity (Wildman–Crippen MR) is 63.6 cm³/mol. The average molecular weight is 238 g/mol. The Morgan fingerprint density at radius 3 is 2.56 bits per heavy atom. The topological polar surface area (TPSA) is 43.4 Å². The Hall–Kier alpha value is -1.29. The molecule has 16 heavy (non-hydrogen) atoms. The zero-order valence-corrected chi connectivity index (χ0v) is 10.2. The molecule has 4 heteroatoms. The van der Waals surface area contributed by atoms with Crippen LogP contribution in [0.4, 0.5) is 0 Å². The predicted octanol–water partition coefficient (Wildman–Crippen LogP) is 2.89. The normalized spacial score (nSPS) is 9.88. The van der Waals surface area contributed by atoms with Crippen molar-refractivity contribution in [3.63, 3.8) is 0 Å². The van der Waals surface area contributed by atoms with Crippen molar-refractivity contribution in [2.75, 3.05) is 6.61 Å². The molecular formula is C12H14O3S. The van der Waals surface area contributed by atoms with Crippen LogP contribution in [0.3, 0.4) is 0 Å². The quantitative estimate of drug-likeness (QED) is 0.597. The molecule has 0 saturated heterocycles. The third kappa shape index (κ3) is 3.38. The van der Waals surface area contributed by atoms with Gasteiger partial charge in [-0.15, -0.1) is 0 Å². The van der Waals surface area contributed by atoms with Gasteiger partial charge in [0.25, 0.3) is 0 Å². The van der Waals surface area contributed by atoms with E-state index in [9.17, 15) is 9.59 Å². The minimum Gasteiger partial charge on any atom is -0.462 e. The molecule has 86 valence electrons. The van der Waals surface area contributed by atoms with Crippen molar-refractivity contribution in [3.05, 3.63) is 29.8 Å². The first kappa shape index (κ1) is 12.8. The molecule has 0 aliphatic rings. The maximum atomic E-state index is 11.6. The van der Waals surface area contributed by atoms with Gasteiger partial charge in [-0.05, 0) is 19.1 Å². The lowest BCUT2D eigenvalue weighted by atomic mass is 10.2. The molecule has 0 unspecified atom stereocenters. The standard InChI is InChI=1S/C12H14O3S/c1-3-11(13)16-10-8-6-5-7-9(10)12(14)15-4-2/h5-8H,3-4H2,1-2H3. The number of ether oxygens (including phenoxy) is 1. The average Bonchev–Trinajstić information content (AvgIpc) is 2.30. The Kier molecular flexibility index (Phi) is 5.05. The molecular weight excluding hydrogens is 224 g/mol. The van der Waals surface area contributed by atoms with Gasteiger partial charge in [-0.2, -0.15) is 0 Å². The molecule has 0 aliphatic carbocycles. The number of esters is 1. The molecule has 0 aliphatic heterocycles. The molecule has 0 spiro atoms. The maximum absolute atomic E-state index is 11.6. The minimum absolute atomic E-state index is 0.0387. The van der Waals surface area contributed by atoms with Crippen molar-refractivity contribution >= 4 is 22.8 Å². The molecule has 1 aromatic rings. The van der Waals surface area contributed by atoms with Crippen molar-refractivity contribution < 1.29 is 14.3 Å². The first-order valence-electron chi connectivity index (χ1n) is 5.15. The molecule has 0 atom stereocenters. The van der Waals surface area contributed by atoms with E-state index in [1.165, 1.54) is 0 Å². The third-order valence-electron chi connectivity index (χ3n) is 1.89. The van der Waals surface area contributed by atoms with Crippen LogP contribution in [0.2, 0.25) is 0 Å². The Morgan fingerprint density at radius 1 is 1.25 bits per heavy atom. The molecule has 0 saturated carbocycles. The van der Waals surface area contributed by atoms with E-state index in [2.05, 4.69) is 0 Å². The van der Waals surface area contributed by atoms with Crippen LogP contribution >= 0.6 is 11.8 Å². The van der Waals surface area contributed by atoms with E-state index < -0.39 is 0 Å². The summed E-state index contributed by atoms with van der Waals surface area (Å²) in [5, 5.41) is 0.0387. The summed E-state index contributed by atoms with van der Waals surface area (Å²) in [5.41, 5.74) is 0.455. The minimum atomic E-state index is -0.380. The zero-order valence-electron chi connectivity index (χ0n) is 9.36. The fourth-order valence-corrected chi connectivity index (χ4v) is 1.93. The molecule has 0 heterocycles. The SMILES string of the molecule is CCOC(=O)c1ccccc1SC(=O)CC. The van der Waals surface area contributed by atoms with E-state index in [4.69, 9.17) is 4.74 Å². The van der Waals surface area contributed by atoms with Crippen LogP contribution in [0, 0.1) is 0 Å². The van der Waals surface area contributed by atoms with Crippen LogP contribution < -0.4 is 0 Å². The second-order valence-electron chi connectivity index (χ2n) is 3.04. The van der Waals surface area contributed by atoms with Gasteiger partial charge in [-0.3, -0.25) is 4.79 Å². The highest BCUT2D eigenvalue weighted by Crippen LogP contribution is 2.24. The van der Waals surface area contributed by atoms with Gasteiger partial charge in [0.05, 0.1) is 12.2 Å². The van der Waals surface area contributed by atoms with Crippen molar-refractivity contribution in [1.29, 1.82) is 0 Å². The Bertz CT molecular complexity index is 388. The van der Waals surface area contributed by atoms with Gasteiger partial charge < -0.3 is 4.74 Å². The number of rotatable bonds is 4. The van der Waals surface area contributed by atoms with E-state index in [0.717, 1.165) is 11.8 Å². The highest BCUT2D eigenvalue weighted by molar-refractivity contribution is 8.13. The first-order valence-corrected chi connectivity index (χ1v) is 5.97. The molecule has 1 rings (SSSR count). The van der Waals surface area contributed by atoms with Gasteiger partial charge in [0.2, 0.25) is 0 Å². The van der Waals surface area contributed by atoms with Crippen LogP contribution in [0.5, 0.6) is 0 Å². The lowest BCUT2D eigenvalue weighted by Gasteiger charge is -2.06. The van der Waals surface area contributed by atoms with E-state index in [1.54, 1.807) is 38.1 Å². The molecule has 1 aromatic carbocycles. The van der Waals surface area contributed by atoms with Gasteiger partial charge in [0.1, 0.15) is 0 Å². The van der Waals surface area contributed by atoms with Crippen LogP contribution in [-0.2, 0) is 9.53 Å². The summed E-state index contributed by atoms with van der Waals surface area (Å²) < 4.78 is 4.92. The Morgan fingerprint density at radius 2 is 1.94 bits per heavy atom. The Labute approximate surface area is 99.2 Å². The monoisotopic (exact) mass is 238 g/mol. The van der Waals surface area contributed by atoms with Gasteiger partial charge >= 0.3 is 5.97 Å². The Balaban J connectivity index is 2.91. The number of hydrogen-bond acceptors (Lipinski definition) is 4. The highest BCUT2D eigenvalue weighted by Gasteiger charge is 2.14. The van der Waals surface area contributed by atoms with Crippen LogP contribution in [0.1, 0.15) is 30.6 Å². The third-order valence-corrected chi connectivity index (χ3v) is 2.99. The fourth-order valence-electron chi connectivity index (χ4n) is 1.13. The van der Waals surface area contributed by atoms with E-state index in [-0.39, 0.29) is 11.1 Å². The summed E-state index contributed by atoms with van der Waals surface area (Å²) in [6.45, 7) is 3.88. The molecule has 0 bridgehead atoms. The van der Waals surface area contributed by atoms with Crippen LogP contribution in [-0.4, -0.2) is 17.7 Å². The van der Waals surface area contributed by atoms with Crippen LogP contribution in [0.15, 0.2) is 29.2 Å². The summed E-state index contributed by atoms with van der Waals surface area (Å²) in [6, 6.07) is 6.98.